The highest BCUT2D eigenvalue weighted by molar-refractivity contribution is 8.00. The lowest BCUT2D eigenvalue weighted by Gasteiger charge is -2.34. The number of nitrogens with zero attached hydrogens (tertiary/aromatic N) is 3. The number of aromatic nitrogens is 1. The molecule has 0 bridgehead atoms. The van der Waals surface area contributed by atoms with Gasteiger partial charge in [0.1, 0.15) is 5.03 Å². The molecule has 2 amide bonds. The van der Waals surface area contributed by atoms with Crippen molar-refractivity contribution in [2.45, 2.75) is 50.3 Å². The smallest absolute Gasteiger partial charge is 0.241 e. The molecule has 2 heterocycles. The van der Waals surface area contributed by atoms with Gasteiger partial charge in [-0.05, 0) is 24.5 Å². The largest absolute Gasteiger partial charge is 0.346 e. The Morgan fingerprint density at radius 3 is 2.88 bits per heavy atom. The topological polar surface area (TPSA) is 53.5 Å². The van der Waals surface area contributed by atoms with Crippen molar-refractivity contribution in [3.05, 3.63) is 18.3 Å². The van der Waals surface area contributed by atoms with E-state index in [-0.39, 0.29) is 23.5 Å². The SMILES string of the molecule is CCCCN(C)C(=O)CC1Sc2ncccc2N(CC(C)C)C1=O. The monoisotopic (exact) mass is 349 g/mol. The van der Waals surface area contributed by atoms with Crippen LogP contribution in [0.2, 0.25) is 0 Å². The molecule has 2 rings (SSSR count). The van der Waals surface area contributed by atoms with Crippen LogP contribution in [-0.4, -0.2) is 47.1 Å². The zero-order valence-electron chi connectivity index (χ0n) is 15.0. The van der Waals surface area contributed by atoms with E-state index in [2.05, 4.69) is 25.8 Å². The molecule has 1 aromatic heterocycles. The maximum atomic E-state index is 12.9. The molecule has 5 nitrogen and oxygen atoms in total. The molecule has 0 saturated carbocycles. The highest BCUT2D eigenvalue weighted by Gasteiger charge is 2.36. The van der Waals surface area contributed by atoms with Crippen molar-refractivity contribution < 1.29 is 9.59 Å². The predicted molar refractivity (Wildman–Crippen MR) is 98.2 cm³/mol. The second-order valence-corrected chi connectivity index (χ2v) is 7.84. The summed E-state index contributed by atoms with van der Waals surface area (Å²) in [5.41, 5.74) is 0.865. The molecular weight excluding hydrogens is 322 g/mol. The van der Waals surface area contributed by atoms with Gasteiger partial charge in [0.15, 0.2) is 0 Å². The highest BCUT2D eigenvalue weighted by Crippen LogP contribution is 2.39. The van der Waals surface area contributed by atoms with Gasteiger partial charge >= 0.3 is 0 Å². The number of amides is 2. The van der Waals surface area contributed by atoms with Crippen LogP contribution < -0.4 is 4.90 Å². The van der Waals surface area contributed by atoms with Crippen molar-refractivity contribution >= 4 is 29.3 Å². The quantitative estimate of drug-likeness (QED) is 0.758. The summed E-state index contributed by atoms with van der Waals surface area (Å²) in [6.07, 6.45) is 4.00. The molecule has 0 N–H and O–H groups in total. The summed E-state index contributed by atoms with van der Waals surface area (Å²) >= 11 is 1.42. The van der Waals surface area contributed by atoms with Crippen LogP contribution in [0.3, 0.4) is 0 Å². The lowest BCUT2D eigenvalue weighted by molar-refractivity contribution is -0.131. The molecule has 1 atom stereocenters. The number of hydrogen-bond donors (Lipinski definition) is 0. The minimum absolute atomic E-state index is 0.0199. The minimum Gasteiger partial charge on any atom is -0.346 e. The Labute approximate surface area is 148 Å². The Kier molecular flexibility index (Phi) is 6.66. The average Bonchev–Trinajstić information content (AvgIpc) is 2.55. The van der Waals surface area contributed by atoms with Crippen LogP contribution in [0.1, 0.15) is 40.0 Å². The number of unbranched alkanes of at least 4 members (excludes halogenated alkanes) is 1. The van der Waals surface area contributed by atoms with Crippen LogP contribution in [0.25, 0.3) is 0 Å². The highest BCUT2D eigenvalue weighted by atomic mass is 32.2. The first-order chi connectivity index (χ1) is 11.4. The second kappa shape index (κ2) is 8.51. The van der Waals surface area contributed by atoms with Gasteiger partial charge in [-0.2, -0.15) is 0 Å². The van der Waals surface area contributed by atoms with Gasteiger partial charge in [0.2, 0.25) is 11.8 Å². The van der Waals surface area contributed by atoms with Gasteiger partial charge in [0.05, 0.1) is 10.9 Å². The summed E-state index contributed by atoms with van der Waals surface area (Å²) in [6, 6.07) is 3.78. The molecule has 1 unspecified atom stereocenters. The van der Waals surface area contributed by atoms with Crippen molar-refractivity contribution in [2.75, 3.05) is 25.0 Å². The first-order valence-corrected chi connectivity index (χ1v) is 9.49. The Hall–Kier alpha value is -1.56. The fraction of sp³-hybridized carbons (Fsp3) is 0.611. The molecule has 132 valence electrons. The summed E-state index contributed by atoms with van der Waals surface area (Å²) < 4.78 is 0. The molecule has 1 aromatic rings. The standard InChI is InChI=1S/C18H27N3O2S/c1-5-6-10-20(4)16(22)11-15-18(23)21(12-13(2)3)14-8-7-9-19-17(14)24-15/h7-9,13,15H,5-6,10-12H2,1-4H3. The number of carbonyl (C=O) groups is 2. The van der Waals surface area contributed by atoms with E-state index in [0.717, 1.165) is 30.1 Å². The van der Waals surface area contributed by atoms with Crippen molar-refractivity contribution in [3.8, 4) is 0 Å². The minimum atomic E-state index is -0.386. The molecule has 0 radical (unpaired) electrons. The molecule has 1 aliphatic heterocycles. The van der Waals surface area contributed by atoms with Gasteiger partial charge in [-0.1, -0.05) is 39.0 Å². The fourth-order valence-corrected chi connectivity index (χ4v) is 3.82. The molecule has 0 fully saturated rings. The number of hydrogen-bond acceptors (Lipinski definition) is 4. The van der Waals surface area contributed by atoms with Crippen molar-refractivity contribution in [1.29, 1.82) is 0 Å². The van der Waals surface area contributed by atoms with E-state index in [1.807, 2.05) is 19.2 Å². The maximum absolute atomic E-state index is 12.9. The van der Waals surface area contributed by atoms with Crippen LogP contribution in [0.15, 0.2) is 23.4 Å². The molecule has 24 heavy (non-hydrogen) atoms. The zero-order chi connectivity index (χ0) is 17.7. The van der Waals surface area contributed by atoms with Gasteiger partial charge in [0.25, 0.3) is 0 Å². The van der Waals surface area contributed by atoms with Gasteiger partial charge in [-0.25, -0.2) is 4.98 Å². The predicted octanol–water partition coefficient (Wildman–Crippen LogP) is 3.19. The Bertz CT molecular complexity index is 591. The van der Waals surface area contributed by atoms with E-state index in [4.69, 9.17) is 0 Å². The average molecular weight is 350 g/mol. The first-order valence-electron chi connectivity index (χ1n) is 8.61. The van der Waals surface area contributed by atoms with Crippen LogP contribution >= 0.6 is 11.8 Å². The number of pyridine rings is 1. The Morgan fingerprint density at radius 1 is 1.46 bits per heavy atom. The van der Waals surface area contributed by atoms with E-state index < -0.39 is 0 Å². The summed E-state index contributed by atoms with van der Waals surface area (Å²) in [6.45, 7) is 7.67. The number of anilines is 1. The van der Waals surface area contributed by atoms with Crippen molar-refractivity contribution in [3.63, 3.8) is 0 Å². The van der Waals surface area contributed by atoms with Crippen LogP contribution in [-0.2, 0) is 9.59 Å². The molecule has 6 heteroatoms. The van der Waals surface area contributed by atoms with Crippen LogP contribution in [0.4, 0.5) is 5.69 Å². The van der Waals surface area contributed by atoms with Gasteiger partial charge in [0, 0.05) is 32.8 Å². The normalized spacial score (nSPS) is 17.1. The van der Waals surface area contributed by atoms with Gasteiger partial charge < -0.3 is 9.80 Å². The number of fused-ring (bicyclic) bond motifs is 1. The lowest BCUT2D eigenvalue weighted by atomic mass is 10.1. The third kappa shape index (κ3) is 4.50. The molecule has 0 saturated heterocycles. The summed E-state index contributed by atoms with van der Waals surface area (Å²) in [7, 11) is 1.81. The van der Waals surface area contributed by atoms with Gasteiger partial charge in [-0.3, -0.25) is 9.59 Å². The lowest BCUT2D eigenvalue weighted by Crippen LogP contribution is -2.45. The molecule has 0 aliphatic carbocycles. The van der Waals surface area contributed by atoms with Crippen molar-refractivity contribution in [1.82, 2.24) is 9.88 Å². The second-order valence-electron chi connectivity index (χ2n) is 6.65. The third-order valence-corrected chi connectivity index (χ3v) is 5.21. The number of carbonyl (C=O) groups excluding carboxylic acids is 2. The summed E-state index contributed by atoms with van der Waals surface area (Å²) in [5.74, 6) is 0.401. The van der Waals surface area contributed by atoms with E-state index in [0.29, 0.717) is 12.5 Å². The molecule has 1 aliphatic rings. The zero-order valence-corrected chi connectivity index (χ0v) is 15.8. The van der Waals surface area contributed by atoms with E-state index in [1.165, 1.54) is 11.8 Å². The van der Waals surface area contributed by atoms with Crippen LogP contribution in [0.5, 0.6) is 0 Å². The number of rotatable bonds is 7. The Balaban J connectivity index is 2.14. The number of thioether (sulfide) groups is 1. The van der Waals surface area contributed by atoms with Gasteiger partial charge in [-0.15, -0.1) is 0 Å². The fourth-order valence-electron chi connectivity index (χ4n) is 2.67. The Morgan fingerprint density at radius 2 is 2.21 bits per heavy atom. The summed E-state index contributed by atoms with van der Waals surface area (Å²) in [4.78, 5) is 33.3. The molecular formula is C18H27N3O2S. The van der Waals surface area contributed by atoms with E-state index in [1.54, 1.807) is 16.0 Å². The first kappa shape index (κ1) is 18.8. The van der Waals surface area contributed by atoms with E-state index in [9.17, 15) is 9.59 Å². The molecule has 0 aromatic carbocycles. The molecule has 0 spiro atoms. The summed E-state index contributed by atoms with van der Waals surface area (Å²) in [5, 5.41) is 0.453. The maximum Gasteiger partial charge on any atom is 0.241 e. The van der Waals surface area contributed by atoms with Crippen LogP contribution in [0, 0.1) is 5.92 Å². The van der Waals surface area contributed by atoms with E-state index >= 15 is 0 Å². The van der Waals surface area contributed by atoms with Crippen molar-refractivity contribution in [2.24, 2.45) is 5.92 Å². The third-order valence-electron chi connectivity index (χ3n) is 4.02.